The van der Waals surface area contributed by atoms with Crippen LogP contribution in [0.1, 0.15) is 44.9 Å². The van der Waals surface area contributed by atoms with E-state index < -0.39 is 0 Å². The Labute approximate surface area is 109 Å². The maximum Gasteiger partial charge on any atom is 0.168 e. The summed E-state index contributed by atoms with van der Waals surface area (Å²) in [4.78, 5) is 0. The van der Waals surface area contributed by atoms with Crippen molar-refractivity contribution in [3.63, 3.8) is 0 Å². The molecule has 0 radical (unpaired) electrons. The van der Waals surface area contributed by atoms with Gasteiger partial charge in [-0.2, -0.15) is 0 Å². The number of hydrogen-bond donors (Lipinski definition) is 0. The Hall–Kier alpha value is -0.160. The lowest BCUT2D eigenvalue weighted by atomic mass is 9.92. The molecule has 2 saturated heterocycles. The molecule has 2 aliphatic heterocycles. The predicted molar refractivity (Wildman–Crippen MR) is 66.4 cm³/mol. The number of ether oxygens (including phenoxy) is 4. The molecule has 104 valence electrons. The Balaban J connectivity index is 1.32. The fourth-order valence-electron chi connectivity index (χ4n) is 3.22. The van der Waals surface area contributed by atoms with Gasteiger partial charge in [0.15, 0.2) is 5.79 Å². The van der Waals surface area contributed by atoms with Gasteiger partial charge in [0, 0.05) is 26.1 Å². The summed E-state index contributed by atoms with van der Waals surface area (Å²) >= 11 is 0. The average Bonchev–Trinajstić information content (AvgIpc) is 3.04. The predicted octanol–water partition coefficient (Wildman–Crippen LogP) is 2.26. The van der Waals surface area contributed by atoms with Crippen molar-refractivity contribution in [3.8, 4) is 0 Å². The van der Waals surface area contributed by atoms with Gasteiger partial charge in [0.1, 0.15) is 0 Å². The van der Waals surface area contributed by atoms with Crippen molar-refractivity contribution in [2.75, 3.05) is 26.4 Å². The summed E-state index contributed by atoms with van der Waals surface area (Å²) in [6.45, 7) is 3.28. The summed E-state index contributed by atoms with van der Waals surface area (Å²) in [5.74, 6) is -0.256. The van der Waals surface area contributed by atoms with Crippen molar-refractivity contribution in [2.45, 2.75) is 62.9 Å². The average molecular weight is 256 g/mol. The normalized spacial score (nSPS) is 32.3. The summed E-state index contributed by atoms with van der Waals surface area (Å²) in [5.41, 5.74) is 0. The summed E-state index contributed by atoms with van der Waals surface area (Å²) < 4.78 is 23.0. The van der Waals surface area contributed by atoms with E-state index in [0.29, 0.717) is 12.2 Å². The molecule has 3 rings (SSSR count). The molecule has 1 aliphatic carbocycles. The van der Waals surface area contributed by atoms with Gasteiger partial charge in [-0.1, -0.05) is 0 Å². The SMILES string of the molecule is C1COC(CCOC2CCC3(CC2)OCCO3)C1. The largest absolute Gasteiger partial charge is 0.378 e. The molecular weight excluding hydrogens is 232 g/mol. The topological polar surface area (TPSA) is 36.9 Å². The zero-order chi connectivity index (χ0) is 12.3. The van der Waals surface area contributed by atoms with Crippen LogP contribution in [-0.2, 0) is 18.9 Å². The standard InChI is InChI=1S/C14H24O4/c1-2-12(15-8-1)5-9-16-13-3-6-14(7-4-13)17-10-11-18-14/h12-13H,1-11H2. The first-order valence-electron chi connectivity index (χ1n) is 7.37. The zero-order valence-electron chi connectivity index (χ0n) is 11.1. The van der Waals surface area contributed by atoms with E-state index in [4.69, 9.17) is 18.9 Å². The highest BCUT2D eigenvalue weighted by Crippen LogP contribution is 2.36. The molecule has 0 aromatic carbocycles. The van der Waals surface area contributed by atoms with Crippen molar-refractivity contribution in [1.29, 1.82) is 0 Å². The fraction of sp³-hybridized carbons (Fsp3) is 1.00. The quantitative estimate of drug-likeness (QED) is 0.773. The second-order valence-corrected chi connectivity index (χ2v) is 5.60. The number of rotatable bonds is 4. The third-order valence-corrected chi connectivity index (χ3v) is 4.33. The van der Waals surface area contributed by atoms with Gasteiger partial charge in [-0.25, -0.2) is 0 Å². The van der Waals surface area contributed by atoms with Crippen LogP contribution in [0, 0.1) is 0 Å². The van der Waals surface area contributed by atoms with E-state index in [1.807, 2.05) is 0 Å². The second-order valence-electron chi connectivity index (χ2n) is 5.60. The first-order valence-corrected chi connectivity index (χ1v) is 7.37. The van der Waals surface area contributed by atoms with Crippen LogP contribution in [0.4, 0.5) is 0 Å². The molecule has 0 N–H and O–H groups in total. The van der Waals surface area contributed by atoms with E-state index in [-0.39, 0.29) is 5.79 Å². The third kappa shape index (κ3) is 3.05. The van der Waals surface area contributed by atoms with Gasteiger partial charge in [-0.3, -0.25) is 0 Å². The number of hydrogen-bond acceptors (Lipinski definition) is 4. The monoisotopic (exact) mass is 256 g/mol. The highest BCUT2D eigenvalue weighted by atomic mass is 16.7. The third-order valence-electron chi connectivity index (χ3n) is 4.33. The molecule has 2 heterocycles. The fourth-order valence-corrected chi connectivity index (χ4v) is 3.22. The summed E-state index contributed by atoms with van der Waals surface area (Å²) in [7, 11) is 0. The van der Waals surface area contributed by atoms with Crippen molar-refractivity contribution < 1.29 is 18.9 Å². The van der Waals surface area contributed by atoms with Crippen molar-refractivity contribution in [3.05, 3.63) is 0 Å². The maximum atomic E-state index is 5.96. The molecule has 3 aliphatic rings. The molecule has 4 nitrogen and oxygen atoms in total. The lowest BCUT2D eigenvalue weighted by Gasteiger charge is -2.35. The van der Waals surface area contributed by atoms with E-state index in [9.17, 15) is 0 Å². The Morgan fingerprint density at radius 2 is 1.78 bits per heavy atom. The molecule has 0 aromatic heterocycles. The maximum absolute atomic E-state index is 5.96. The van der Waals surface area contributed by atoms with Crippen molar-refractivity contribution in [2.24, 2.45) is 0 Å². The Morgan fingerprint density at radius 3 is 2.44 bits per heavy atom. The lowest BCUT2D eigenvalue weighted by Crippen LogP contribution is -2.37. The van der Waals surface area contributed by atoms with Gasteiger partial charge < -0.3 is 18.9 Å². The van der Waals surface area contributed by atoms with Crippen LogP contribution in [-0.4, -0.2) is 44.4 Å². The molecule has 1 unspecified atom stereocenters. The van der Waals surface area contributed by atoms with Crippen LogP contribution in [0.5, 0.6) is 0 Å². The van der Waals surface area contributed by atoms with E-state index in [0.717, 1.165) is 58.5 Å². The van der Waals surface area contributed by atoms with Crippen LogP contribution in [0.2, 0.25) is 0 Å². The highest BCUT2D eigenvalue weighted by Gasteiger charge is 2.40. The van der Waals surface area contributed by atoms with Crippen molar-refractivity contribution in [1.82, 2.24) is 0 Å². The van der Waals surface area contributed by atoms with Crippen LogP contribution in [0.15, 0.2) is 0 Å². The Kier molecular flexibility index (Phi) is 4.19. The lowest BCUT2D eigenvalue weighted by molar-refractivity contribution is -0.192. The van der Waals surface area contributed by atoms with Gasteiger partial charge >= 0.3 is 0 Å². The first kappa shape index (κ1) is 12.9. The Bertz CT molecular complexity index is 247. The van der Waals surface area contributed by atoms with E-state index >= 15 is 0 Å². The van der Waals surface area contributed by atoms with Gasteiger partial charge in [-0.15, -0.1) is 0 Å². The smallest absolute Gasteiger partial charge is 0.168 e. The van der Waals surface area contributed by atoms with Crippen molar-refractivity contribution >= 4 is 0 Å². The van der Waals surface area contributed by atoms with Gasteiger partial charge in [0.2, 0.25) is 0 Å². The van der Waals surface area contributed by atoms with E-state index in [2.05, 4.69) is 0 Å². The molecule has 0 amide bonds. The Morgan fingerprint density at radius 1 is 1.00 bits per heavy atom. The molecule has 1 atom stereocenters. The highest BCUT2D eigenvalue weighted by molar-refractivity contribution is 4.82. The van der Waals surface area contributed by atoms with Gasteiger partial charge in [0.25, 0.3) is 0 Å². The minimum absolute atomic E-state index is 0.256. The van der Waals surface area contributed by atoms with Crippen LogP contribution in [0.25, 0.3) is 0 Å². The molecule has 0 bridgehead atoms. The molecule has 4 heteroatoms. The summed E-state index contributed by atoms with van der Waals surface area (Å²) in [5, 5.41) is 0. The minimum Gasteiger partial charge on any atom is -0.378 e. The first-order chi connectivity index (χ1) is 8.86. The minimum atomic E-state index is -0.256. The molecule has 1 saturated carbocycles. The van der Waals surface area contributed by atoms with E-state index in [1.54, 1.807) is 0 Å². The molecule has 0 aromatic rings. The van der Waals surface area contributed by atoms with Gasteiger partial charge in [-0.05, 0) is 32.1 Å². The second kappa shape index (κ2) is 5.87. The molecule has 1 spiro atoms. The molecular formula is C14H24O4. The van der Waals surface area contributed by atoms with Crippen LogP contribution < -0.4 is 0 Å². The van der Waals surface area contributed by atoms with Crippen LogP contribution in [0.3, 0.4) is 0 Å². The zero-order valence-corrected chi connectivity index (χ0v) is 11.1. The van der Waals surface area contributed by atoms with E-state index in [1.165, 1.54) is 12.8 Å². The van der Waals surface area contributed by atoms with Gasteiger partial charge in [0.05, 0.1) is 25.4 Å². The summed E-state index contributed by atoms with van der Waals surface area (Å²) in [6, 6.07) is 0. The van der Waals surface area contributed by atoms with Crippen LogP contribution >= 0.6 is 0 Å². The summed E-state index contributed by atoms with van der Waals surface area (Å²) in [6.07, 6.45) is 8.40. The molecule has 18 heavy (non-hydrogen) atoms. The molecule has 3 fully saturated rings.